The lowest BCUT2D eigenvalue weighted by Crippen LogP contribution is -2.35. The number of hydrogen-bond acceptors (Lipinski definition) is 5. The fourth-order valence-electron chi connectivity index (χ4n) is 3.14. The van der Waals surface area contributed by atoms with Crippen molar-refractivity contribution in [3.8, 4) is 12.1 Å². The summed E-state index contributed by atoms with van der Waals surface area (Å²) in [5.74, 6) is -1.38. The van der Waals surface area contributed by atoms with Gasteiger partial charge in [-0.2, -0.15) is 10.5 Å². The Labute approximate surface area is 139 Å². The van der Waals surface area contributed by atoms with Crippen LogP contribution in [0.3, 0.4) is 0 Å². The molecule has 0 amide bonds. The molecular formula is C16H19BrN4O. The van der Waals surface area contributed by atoms with E-state index >= 15 is 0 Å². The van der Waals surface area contributed by atoms with Crippen molar-refractivity contribution in [2.24, 2.45) is 11.8 Å². The van der Waals surface area contributed by atoms with Gasteiger partial charge < -0.3 is 5.11 Å². The van der Waals surface area contributed by atoms with E-state index in [1.54, 1.807) is 0 Å². The quantitative estimate of drug-likeness (QED) is 0.747. The number of hydrogen-bond donors (Lipinski definition) is 3. The Balaban J connectivity index is 2.41. The van der Waals surface area contributed by atoms with Gasteiger partial charge in [0.2, 0.25) is 0 Å². The zero-order valence-electron chi connectivity index (χ0n) is 12.3. The minimum atomic E-state index is -0.804. The maximum absolute atomic E-state index is 10.3. The number of benzene rings is 1. The topological polar surface area (TPSA) is 91.9 Å². The van der Waals surface area contributed by atoms with Crippen LogP contribution in [0.4, 0.5) is 0 Å². The molecule has 4 atom stereocenters. The van der Waals surface area contributed by atoms with Gasteiger partial charge in [0.25, 0.3) is 0 Å². The van der Waals surface area contributed by atoms with Crippen molar-refractivity contribution >= 4 is 15.9 Å². The summed E-state index contributed by atoms with van der Waals surface area (Å²) >= 11 is 3.39. The second-order valence-electron chi connectivity index (χ2n) is 5.52. The molecule has 1 aromatic carbocycles. The maximum Gasteiger partial charge on any atom is 0.140 e. The standard InChI is InChI=1S/C16H19BrN4O/c1-2-3-13-15(16(22)21-20-13)14(11(8-18)9-19)10-4-6-12(17)7-5-10/h4-7,11,13-16,20-22H,2-3H2,1H3. The summed E-state index contributed by atoms with van der Waals surface area (Å²) in [4.78, 5) is 0. The van der Waals surface area contributed by atoms with E-state index in [1.807, 2.05) is 24.3 Å². The first-order chi connectivity index (χ1) is 10.6. The molecule has 1 saturated heterocycles. The van der Waals surface area contributed by atoms with Crippen molar-refractivity contribution in [3.05, 3.63) is 34.3 Å². The molecule has 3 N–H and O–H groups in total. The monoisotopic (exact) mass is 362 g/mol. The molecular weight excluding hydrogens is 344 g/mol. The highest BCUT2D eigenvalue weighted by Crippen LogP contribution is 2.38. The van der Waals surface area contributed by atoms with E-state index in [0.29, 0.717) is 0 Å². The van der Waals surface area contributed by atoms with Crippen LogP contribution in [-0.4, -0.2) is 17.4 Å². The summed E-state index contributed by atoms with van der Waals surface area (Å²) in [7, 11) is 0. The van der Waals surface area contributed by atoms with E-state index in [-0.39, 0.29) is 17.9 Å². The Morgan fingerprint density at radius 1 is 1.23 bits per heavy atom. The van der Waals surface area contributed by atoms with Crippen LogP contribution in [0, 0.1) is 34.5 Å². The molecule has 0 saturated carbocycles. The zero-order chi connectivity index (χ0) is 16.1. The van der Waals surface area contributed by atoms with Crippen molar-refractivity contribution < 1.29 is 5.11 Å². The van der Waals surface area contributed by atoms with E-state index in [0.717, 1.165) is 22.9 Å². The number of nitrogens with one attached hydrogen (secondary N) is 2. The molecule has 0 spiro atoms. The van der Waals surface area contributed by atoms with Crippen LogP contribution in [0.1, 0.15) is 31.2 Å². The summed E-state index contributed by atoms with van der Waals surface area (Å²) in [6.07, 6.45) is 1.04. The SMILES string of the molecule is CCCC1NNC(O)C1C(c1ccc(Br)cc1)C(C#N)C#N. The van der Waals surface area contributed by atoms with Gasteiger partial charge in [-0.05, 0) is 24.1 Å². The number of aliphatic hydroxyl groups is 1. The van der Waals surface area contributed by atoms with Gasteiger partial charge in [0.15, 0.2) is 0 Å². The van der Waals surface area contributed by atoms with Crippen LogP contribution in [0.5, 0.6) is 0 Å². The Hall–Kier alpha value is -1.44. The highest BCUT2D eigenvalue weighted by atomic mass is 79.9. The van der Waals surface area contributed by atoms with Gasteiger partial charge >= 0.3 is 0 Å². The third-order valence-corrected chi connectivity index (χ3v) is 4.68. The second-order valence-corrected chi connectivity index (χ2v) is 6.43. The Morgan fingerprint density at radius 2 is 1.86 bits per heavy atom. The van der Waals surface area contributed by atoms with Crippen molar-refractivity contribution in [2.75, 3.05) is 0 Å². The molecule has 1 aromatic rings. The number of nitrogens with zero attached hydrogens (tertiary/aromatic N) is 2. The highest BCUT2D eigenvalue weighted by Gasteiger charge is 2.43. The molecule has 22 heavy (non-hydrogen) atoms. The number of aliphatic hydroxyl groups excluding tert-OH is 1. The molecule has 1 heterocycles. The average Bonchev–Trinajstić information content (AvgIpc) is 2.87. The van der Waals surface area contributed by atoms with Crippen LogP contribution in [-0.2, 0) is 0 Å². The average molecular weight is 363 g/mol. The number of rotatable bonds is 5. The fraction of sp³-hybridized carbons (Fsp3) is 0.500. The smallest absolute Gasteiger partial charge is 0.140 e. The van der Waals surface area contributed by atoms with Crippen LogP contribution < -0.4 is 10.9 Å². The van der Waals surface area contributed by atoms with E-state index in [4.69, 9.17) is 0 Å². The predicted octanol–water partition coefficient (Wildman–Crippen LogP) is 2.41. The molecule has 1 aliphatic rings. The van der Waals surface area contributed by atoms with E-state index in [1.165, 1.54) is 0 Å². The number of nitriles is 2. The van der Waals surface area contributed by atoms with Gasteiger partial charge in [-0.3, -0.25) is 5.43 Å². The Kier molecular flexibility index (Phi) is 5.93. The molecule has 5 nitrogen and oxygen atoms in total. The first kappa shape index (κ1) is 16.9. The number of halogens is 1. The van der Waals surface area contributed by atoms with Gasteiger partial charge in [0.1, 0.15) is 12.1 Å². The van der Waals surface area contributed by atoms with Crippen LogP contribution in [0.25, 0.3) is 0 Å². The third kappa shape index (κ3) is 3.48. The first-order valence-corrected chi connectivity index (χ1v) is 8.15. The second kappa shape index (κ2) is 7.71. The normalized spacial score (nSPS) is 25.6. The lowest BCUT2D eigenvalue weighted by Gasteiger charge is -2.30. The maximum atomic E-state index is 10.3. The minimum Gasteiger partial charge on any atom is -0.377 e. The summed E-state index contributed by atoms with van der Waals surface area (Å²) in [5.41, 5.74) is 6.84. The summed E-state index contributed by atoms with van der Waals surface area (Å²) in [6.45, 7) is 2.07. The van der Waals surface area contributed by atoms with Gasteiger partial charge in [-0.1, -0.05) is 41.4 Å². The molecule has 2 rings (SSSR count). The summed E-state index contributed by atoms with van der Waals surface area (Å²) in [5, 5.41) is 29.1. The minimum absolute atomic E-state index is 0.0258. The zero-order valence-corrected chi connectivity index (χ0v) is 13.9. The lowest BCUT2D eigenvalue weighted by molar-refractivity contribution is 0.0872. The molecule has 1 fully saturated rings. The summed E-state index contributed by atoms with van der Waals surface area (Å²) in [6, 6.07) is 11.8. The lowest BCUT2D eigenvalue weighted by atomic mass is 9.73. The van der Waals surface area contributed by atoms with Crippen LogP contribution >= 0.6 is 15.9 Å². The molecule has 6 heteroatoms. The molecule has 0 aliphatic carbocycles. The molecule has 0 bridgehead atoms. The van der Waals surface area contributed by atoms with Crippen molar-refractivity contribution in [3.63, 3.8) is 0 Å². The van der Waals surface area contributed by atoms with Gasteiger partial charge in [-0.25, -0.2) is 5.43 Å². The van der Waals surface area contributed by atoms with Gasteiger partial charge in [-0.15, -0.1) is 0 Å². The number of hydrazine groups is 1. The molecule has 4 unspecified atom stereocenters. The third-order valence-electron chi connectivity index (χ3n) is 4.15. The molecule has 1 aliphatic heterocycles. The first-order valence-electron chi connectivity index (χ1n) is 7.36. The van der Waals surface area contributed by atoms with Crippen molar-refractivity contribution in [1.82, 2.24) is 10.9 Å². The van der Waals surface area contributed by atoms with Crippen LogP contribution in [0.15, 0.2) is 28.7 Å². The van der Waals surface area contributed by atoms with Gasteiger partial charge in [0.05, 0.1) is 12.1 Å². The highest BCUT2D eigenvalue weighted by molar-refractivity contribution is 9.10. The largest absolute Gasteiger partial charge is 0.377 e. The Morgan fingerprint density at radius 3 is 2.41 bits per heavy atom. The Bertz CT molecular complexity index is 561. The van der Waals surface area contributed by atoms with E-state index in [9.17, 15) is 15.6 Å². The van der Waals surface area contributed by atoms with E-state index < -0.39 is 12.1 Å². The van der Waals surface area contributed by atoms with Crippen molar-refractivity contribution in [2.45, 2.75) is 38.0 Å². The van der Waals surface area contributed by atoms with E-state index in [2.05, 4.69) is 45.8 Å². The predicted molar refractivity (Wildman–Crippen MR) is 86.1 cm³/mol. The molecule has 0 radical (unpaired) electrons. The van der Waals surface area contributed by atoms with Gasteiger partial charge in [0, 0.05) is 22.4 Å². The van der Waals surface area contributed by atoms with Crippen LogP contribution in [0.2, 0.25) is 0 Å². The molecule has 0 aromatic heterocycles. The molecule has 116 valence electrons. The fourth-order valence-corrected chi connectivity index (χ4v) is 3.40. The van der Waals surface area contributed by atoms with Crippen molar-refractivity contribution in [1.29, 1.82) is 10.5 Å². The summed E-state index contributed by atoms with van der Waals surface area (Å²) < 4.78 is 0.939.